The van der Waals surface area contributed by atoms with Crippen LogP contribution in [0.5, 0.6) is 0 Å². The summed E-state index contributed by atoms with van der Waals surface area (Å²) in [5, 5.41) is 0. The second kappa shape index (κ2) is 3.98. The van der Waals surface area contributed by atoms with Crippen molar-refractivity contribution in [2.24, 2.45) is 11.8 Å². The molecule has 3 aliphatic heterocycles. The first-order valence-electron chi connectivity index (χ1n) is 6.80. The molecule has 6 heteroatoms. The summed E-state index contributed by atoms with van der Waals surface area (Å²) in [4.78, 5) is 23.8. The van der Waals surface area contributed by atoms with E-state index in [2.05, 4.69) is 0 Å². The fourth-order valence-corrected chi connectivity index (χ4v) is 3.74. The summed E-state index contributed by atoms with van der Waals surface area (Å²) in [6, 6.07) is 0. The molecule has 0 N–H and O–H groups in total. The molecule has 0 aromatic rings. The van der Waals surface area contributed by atoms with Crippen LogP contribution in [0.15, 0.2) is 35.6 Å². The highest BCUT2D eigenvalue weighted by molar-refractivity contribution is 5.94. The lowest BCUT2D eigenvalue weighted by Crippen LogP contribution is -2.43. The minimum absolute atomic E-state index is 0.231. The number of ether oxygens (including phenoxy) is 4. The first-order chi connectivity index (χ1) is 10.1. The van der Waals surface area contributed by atoms with E-state index in [9.17, 15) is 9.59 Å². The van der Waals surface area contributed by atoms with E-state index in [1.807, 2.05) is 12.2 Å². The van der Waals surface area contributed by atoms with Gasteiger partial charge >= 0.3 is 11.9 Å². The maximum absolute atomic E-state index is 12.0. The van der Waals surface area contributed by atoms with E-state index < -0.39 is 24.0 Å². The van der Waals surface area contributed by atoms with Gasteiger partial charge in [-0.3, -0.25) is 0 Å². The maximum atomic E-state index is 12.0. The minimum atomic E-state index is -0.873. The fourth-order valence-electron chi connectivity index (χ4n) is 3.74. The summed E-state index contributed by atoms with van der Waals surface area (Å²) in [5.74, 6) is -1.31. The number of allylic oxidation sites excluding steroid dienone is 2. The average molecular weight is 290 g/mol. The standard InChI is InChI=1S/C15H14O6/c1-3-7-11-15(21-13(7)17)5-4-8-9(12(16)18-2)6-19-14(20-11)10(8)15/h3-6,8,10-11,14H,1-2H3/t8-,10-,11+,14-,15+/m1/s1. The van der Waals surface area contributed by atoms with Gasteiger partial charge in [0.2, 0.25) is 6.29 Å². The molecule has 0 saturated carbocycles. The molecule has 1 spiro atoms. The number of methoxy groups -OCH3 is 1. The lowest BCUT2D eigenvalue weighted by Gasteiger charge is -2.32. The number of carbonyl (C=O) groups is 2. The van der Waals surface area contributed by atoms with E-state index in [1.165, 1.54) is 13.4 Å². The van der Waals surface area contributed by atoms with Crippen LogP contribution in [0, 0.1) is 11.8 Å². The van der Waals surface area contributed by atoms with Gasteiger partial charge in [0.15, 0.2) is 5.60 Å². The van der Waals surface area contributed by atoms with E-state index >= 15 is 0 Å². The van der Waals surface area contributed by atoms with Gasteiger partial charge in [-0.1, -0.05) is 12.2 Å². The third-order valence-corrected chi connectivity index (χ3v) is 4.65. The molecule has 4 aliphatic rings. The number of carbonyl (C=O) groups excluding carboxylic acids is 2. The van der Waals surface area contributed by atoms with Crippen LogP contribution in [0.1, 0.15) is 6.92 Å². The largest absolute Gasteiger partial charge is 0.471 e. The van der Waals surface area contributed by atoms with Gasteiger partial charge in [-0.2, -0.15) is 0 Å². The lowest BCUT2D eigenvalue weighted by atomic mass is 9.78. The number of hydrogen-bond donors (Lipinski definition) is 0. The molecule has 5 atom stereocenters. The Kier molecular flexibility index (Phi) is 2.39. The number of esters is 2. The van der Waals surface area contributed by atoms with Crippen LogP contribution in [-0.2, 0) is 28.5 Å². The summed E-state index contributed by atoms with van der Waals surface area (Å²) >= 11 is 0. The molecule has 4 rings (SSSR count). The van der Waals surface area contributed by atoms with Crippen molar-refractivity contribution >= 4 is 11.9 Å². The molecule has 0 amide bonds. The monoisotopic (exact) mass is 290 g/mol. The van der Waals surface area contributed by atoms with E-state index in [1.54, 1.807) is 13.0 Å². The normalized spacial score (nSPS) is 44.0. The summed E-state index contributed by atoms with van der Waals surface area (Å²) in [7, 11) is 1.32. The van der Waals surface area contributed by atoms with Crippen molar-refractivity contribution in [2.45, 2.75) is 24.9 Å². The molecular formula is C15H14O6. The van der Waals surface area contributed by atoms with Crippen molar-refractivity contribution in [3.8, 4) is 0 Å². The van der Waals surface area contributed by atoms with Gasteiger partial charge in [-0.05, 0) is 13.0 Å². The predicted octanol–water partition coefficient (Wildman–Crippen LogP) is 0.842. The lowest BCUT2D eigenvalue weighted by molar-refractivity contribution is -0.152. The second-order valence-corrected chi connectivity index (χ2v) is 5.48. The van der Waals surface area contributed by atoms with Crippen LogP contribution in [0.4, 0.5) is 0 Å². The van der Waals surface area contributed by atoms with Crippen LogP contribution in [-0.4, -0.2) is 37.0 Å². The van der Waals surface area contributed by atoms with Crippen LogP contribution >= 0.6 is 0 Å². The van der Waals surface area contributed by atoms with Crippen molar-refractivity contribution in [3.63, 3.8) is 0 Å². The Morgan fingerprint density at radius 2 is 2.29 bits per heavy atom. The van der Waals surface area contributed by atoms with Crippen molar-refractivity contribution in [1.82, 2.24) is 0 Å². The molecule has 6 nitrogen and oxygen atoms in total. The maximum Gasteiger partial charge on any atom is 0.337 e. The van der Waals surface area contributed by atoms with Gasteiger partial charge in [0.1, 0.15) is 6.10 Å². The quantitative estimate of drug-likeness (QED) is 0.405. The predicted molar refractivity (Wildman–Crippen MR) is 68.5 cm³/mol. The Labute approximate surface area is 121 Å². The van der Waals surface area contributed by atoms with Crippen LogP contribution < -0.4 is 0 Å². The zero-order chi connectivity index (χ0) is 14.8. The molecule has 0 aromatic carbocycles. The zero-order valence-electron chi connectivity index (χ0n) is 11.6. The summed E-state index contributed by atoms with van der Waals surface area (Å²) < 4.78 is 21.8. The molecule has 0 radical (unpaired) electrons. The first-order valence-corrected chi connectivity index (χ1v) is 6.80. The third-order valence-electron chi connectivity index (χ3n) is 4.65. The van der Waals surface area contributed by atoms with E-state index in [-0.39, 0.29) is 17.8 Å². The summed E-state index contributed by atoms with van der Waals surface area (Å²) in [6.07, 6.45) is 5.77. The molecule has 0 bridgehead atoms. The molecule has 110 valence electrons. The van der Waals surface area contributed by atoms with Crippen molar-refractivity contribution in [3.05, 3.63) is 35.6 Å². The Hall–Kier alpha value is -2.08. The third kappa shape index (κ3) is 1.35. The van der Waals surface area contributed by atoms with Crippen LogP contribution in [0.25, 0.3) is 0 Å². The topological polar surface area (TPSA) is 71.1 Å². The number of hydrogen-bond acceptors (Lipinski definition) is 6. The van der Waals surface area contributed by atoms with Gasteiger partial charge in [0.05, 0.1) is 30.4 Å². The first kappa shape index (κ1) is 12.6. The second-order valence-electron chi connectivity index (χ2n) is 5.48. The highest BCUT2D eigenvalue weighted by atomic mass is 16.7. The zero-order valence-corrected chi connectivity index (χ0v) is 11.6. The molecular weight excluding hydrogens is 276 g/mol. The Bertz CT molecular complexity index is 630. The summed E-state index contributed by atoms with van der Waals surface area (Å²) in [6.45, 7) is 1.77. The average Bonchev–Trinajstić information content (AvgIpc) is 3.08. The Balaban J connectivity index is 1.78. The van der Waals surface area contributed by atoms with Crippen LogP contribution in [0.2, 0.25) is 0 Å². The van der Waals surface area contributed by atoms with Gasteiger partial charge in [-0.15, -0.1) is 0 Å². The molecule has 2 saturated heterocycles. The van der Waals surface area contributed by atoms with E-state index in [4.69, 9.17) is 18.9 Å². The van der Waals surface area contributed by atoms with E-state index in [0.717, 1.165) is 0 Å². The number of rotatable bonds is 1. The van der Waals surface area contributed by atoms with Gasteiger partial charge < -0.3 is 18.9 Å². The molecule has 1 aliphatic carbocycles. The Morgan fingerprint density at radius 1 is 1.48 bits per heavy atom. The van der Waals surface area contributed by atoms with E-state index in [0.29, 0.717) is 11.1 Å². The SMILES string of the molecule is CC=C1C(=O)O[C@]23C=C[C@@H]4C(C(=O)OC)=CO[C@H](O[C@@H]12)[C@@H]43. The van der Waals surface area contributed by atoms with Gasteiger partial charge in [0.25, 0.3) is 0 Å². The molecule has 2 fully saturated rings. The highest BCUT2D eigenvalue weighted by Gasteiger charge is 2.70. The van der Waals surface area contributed by atoms with Crippen molar-refractivity contribution in [1.29, 1.82) is 0 Å². The molecule has 3 heterocycles. The van der Waals surface area contributed by atoms with Gasteiger partial charge in [-0.25, -0.2) is 9.59 Å². The summed E-state index contributed by atoms with van der Waals surface area (Å²) in [5.41, 5.74) is 0.0425. The molecule has 21 heavy (non-hydrogen) atoms. The molecule has 0 unspecified atom stereocenters. The van der Waals surface area contributed by atoms with Crippen molar-refractivity contribution < 1.29 is 28.5 Å². The Morgan fingerprint density at radius 3 is 3.00 bits per heavy atom. The van der Waals surface area contributed by atoms with Crippen LogP contribution in [0.3, 0.4) is 0 Å². The fraction of sp³-hybridized carbons (Fsp3) is 0.467. The van der Waals surface area contributed by atoms with Gasteiger partial charge in [0, 0.05) is 5.92 Å². The highest BCUT2D eigenvalue weighted by Crippen LogP contribution is 2.57. The van der Waals surface area contributed by atoms with Crippen molar-refractivity contribution in [2.75, 3.05) is 7.11 Å². The molecule has 0 aromatic heterocycles. The smallest absolute Gasteiger partial charge is 0.337 e. The minimum Gasteiger partial charge on any atom is -0.471 e.